The van der Waals surface area contributed by atoms with E-state index in [-0.39, 0.29) is 17.9 Å². The molecule has 5 nitrogen and oxygen atoms in total. The quantitative estimate of drug-likeness (QED) is 0.866. The fourth-order valence-corrected chi connectivity index (χ4v) is 1.52. The lowest BCUT2D eigenvalue weighted by Crippen LogP contribution is -2.07. The van der Waals surface area contributed by atoms with Gasteiger partial charge in [0.05, 0.1) is 16.6 Å². The van der Waals surface area contributed by atoms with Gasteiger partial charge in [-0.3, -0.25) is 0 Å². The van der Waals surface area contributed by atoms with Crippen molar-refractivity contribution in [2.75, 3.05) is 6.61 Å². The number of alkyl halides is 2. The molecule has 0 spiro atoms. The van der Waals surface area contributed by atoms with Crippen LogP contribution in [0.4, 0.5) is 8.78 Å². The maximum Gasteiger partial charge on any atom is 0.272 e. The van der Waals surface area contributed by atoms with Crippen LogP contribution < -0.4 is 4.74 Å². The van der Waals surface area contributed by atoms with E-state index in [9.17, 15) is 8.78 Å². The van der Waals surface area contributed by atoms with Gasteiger partial charge in [0.1, 0.15) is 30.9 Å². The summed E-state index contributed by atoms with van der Waals surface area (Å²) in [5, 5.41) is 17.8. The number of nitrogens with one attached hydrogen (secondary N) is 1. The van der Waals surface area contributed by atoms with Crippen molar-refractivity contribution in [3.8, 4) is 11.8 Å². The molecule has 2 N–H and O–H groups in total. The molecule has 0 aliphatic rings. The Hall–Kier alpha value is -2.20. The fraction of sp³-hybridized carbons (Fsp3) is 0.273. The maximum atomic E-state index is 12.1. The molecule has 0 saturated heterocycles. The lowest BCUT2D eigenvalue weighted by Gasteiger charge is -2.06. The molecule has 2 aromatic rings. The number of halogens is 2. The van der Waals surface area contributed by atoms with Crippen molar-refractivity contribution >= 4 is 11.0 Å². The van der Waals surface area contributed by atoms with Gasteiger partial charge in [-0.15, -0.1) is 0 Å². The molecule has 2 rings (SSSR count). The van der Waals surface area contributed by atoms with E-state index >= 15 is 0 Å². The monoisotopic (exact) mass is 253 g/mol. The molecule has 0 aliphatic heterocycles. The van der Waals surface area contributed by atoms with E-state index in [1.165, 1.54) is 12.1 Å². The first kappa shape index (κ1) is 12.3. The number of hydrogen-bond donors (Lipinski definition) is 2. The van der Waals surface area contributed by atoms with Crippen molar-refractivity contribution in [1.29, 1.82) is 5.26 Å². The van der Waals surface area contributed by atoms with Crippen molar-refractivity contribution in [3.05, 3.63) is 23.5 Å². The number of aliphatic hydroxyl groups is 1. The number of aliphatic hydroxyl groups excluding tert-OH is 1. The molecule has 1 aromatic carbocycles. The molecule has 0 amide bonds. The lowest BCUT2D eigenvalue weighted by atomic mass is 10.2. The predicted octanol–water partition coefficient (Wildman–Crippen LogP) is 1.57. The Morgan fingerprint density at radius 3 is 2.89 bits per heavy atom. The molecule has 0 atom stereocenters. The van der Waals surface area contributed by atoms with E-state index < -0.39 is 13.0 Å². The zero-order chi connectivity index (χ0) is 13.1. The number of hydrogen-bond acceptors (Lipinski definition) is 4. The Balaban J connectivity index is 2.41. The van der Waals surface area contributed by atoms with Gasteiger partial charge in [-0.05, 0) is 6.07 Å². The van der Waals surface area contributed by atoms with Crippen LogP contribution in [0.25, 0.3) is 11.0 Å². The minimum absolute atomic E-state index is 0.0567. The number of nitrogens with zero attached hydrogens (tertiary/aromatic N) is 2. The van der Waals surface area contributed by atoms with Gasteiger partial charge < -0.3 is 14.8 Å². The van der Waals surface area contributed by atoms with Crippen molar-refractivity contribution in [2.24, 2.45) is 0 Å². The summed E-state index contributed by atoms with van der Waals surface area (Å²) in [5.41, 5.74) is 1.12. The molecule has 1 aromatic heterocycles. The molecule has 0 radical (unpaired) electrons. The van der Waals surface area contributed by atoms with E-state index in [0.29, 0.717) is 16.9 Å². The topological polar surface area (TPSA) is 81.9 Å². The van der Waals surface area contributed by atoms with Crippen molar-refractivity contribution in [2.45, 2.75) is 13.0 Å². The number of benzene rings is 1. The van der Waals surface area contributed by atoms with Crippen LogP contribution in [0.1, 0.15) is 11.4 Å². The molecular weight excluding hydrogens is 244 g/mol. The van der Waals surface area contributed by atoms with Crippen LogP contribution >= 0.6 is 0 Å². The minimum atomic E-state index is -2.61. The second-order valence-corrected chi connectivity index (χ2v) is 3.52. The average Bonchev–Trinajstić information content (AvgIpc) is 2.76. The van der Waals surface area contributed by atoms with Gasteiger partial charge in [-0.2, -0.15) is 5.26 Å². The third-order valence-electron chi connectivity index (χ3n) is 2.27. The SMILES string of the molecule is N#Cc1cc2[nH]c(CO)nc2cc1OCC(F)F. The number of fused-ring (bicyclic) bond motifs is 1. The Morgan fingerprint density at radius 2 is 2.28 bits per heavy atom. The van der Waals surface area contributed by atoms with Gasteiger partial charge in [-0.25, -0.2) is 13.8 Å². The van der Waals surface area contributed by atoms with Crippen molar-refractivity contribution < 1.29 is 18.6 Å². The largest absolute Gasteiger partial charge is 0.486 e. The normalized spacial score (nSPS) is 10.8. The molecule has 0 fully saturated rings. The number of aromatic amines is 1. The van der Waals surface area contributed by atoms with Gasteiger partial charge in [0.2, 0.25) is 0 Å². The first-order valence-electron chi connectivity index (χ1n) is 5.08. The van der Waals surface area contributed by atoms with Crippen LogP contribution in [0.3, 0.4) is 0 Å². The van der Waals surface area contributed by atoms with E-state index in [1.807, 2.05) is 6.07 Å². The van der Waals surface area contributed by atoms with Crippen molar-refractivity contribution in [1.82, 2.24) is 9.97 Å². The standard InChI is InChI=1S/C11H9F2N3O2/c12-10(13)5-18-9-2-8-7(1-6(9)3-14)15-11(4-17)16-8/h1-2,10,17H,4-5H2,(H,15,16). The highest BCUT2D eigenvalue weighted by Gasteiger charge is 2.11. The number of aromatic nitrogens is 2. The second kappa shape index (κ2) is 4.98. The highest BCUT2D eigenvalue weighted by molar-refractivity contribution is 5.79. The molecule has 18 heavy (non-hydrogen) atoms. The molecule has 0 saturated carbocycles. The molecule has 7 heteroatoms. The first-order valence-corrected chi connectivity index (χ1v) is 5.08. The van der Waals surface area contributed by atoms with Gasteiger partial charge in [0, 0.05) is 6.07 Å². The number of ether oxygens (including phenoxy) is 1. The molecule has 1 heterocycles. The summed E-state index contributed by atoms with van der Waals surface area (Å²) in [6, 6.07) is 4.70. The summed E-state index contributed by atoms with van der Waals surface area (Å²) in [4.78, 5) is 6.81. The average molecular weight is 253 g/mol. The van der Waals surface area contributed by atoms with Crippen LogP contribution in [-0.4, -0.2) is 28.1 Å². The molecule has 0 bridgehead atoms. The second-order valence-electron chi connectivity index (χ2n) is 3.52. The zero-order valence-electron chi connectivity index (χ0n) is 9.15. The molecule has 0 unspecified atom stereocenters. The fourth-order valence-electron chi connectivity index (χ4n) is 1.52. The highest BCUT2D eigenvalue weighted by Crippen LogP contribution is 2.24. The Kier molecular flexibility index (Phi) is 3.39. The molecule has 0 aliphatic carbocycles. The predicted molar refractivity (Wildman–Crippen MR) is 58.2 cm³/mol. The van der Waals surface area contributed by atoms with Crippen LogP contribution in [0.2, 0.25) is 0 Å². The smallest absolute Gasteiger partial charge is 0.272 e. The third-order valence-corrected chi connectivity index (χ3v) is 2.27. The first-order chi connectivity index (χ1) is 8.63. The maximum absolute atomic E-state index is 12.1. The van der Waals surface area contributed by atoms with Crippen LogP contribution in [0.15, 0.2) is 12.1 Å². The van der Waals surface area contributed by atoms with Crippen LogP contribution in [0.5, 0.6) is 5.75 Å². The van der Waals surface area contributed by atoms with E-state index in [4.69, 9.17) is 15.1 Å². The summed E-state index contributed by atoms with van der Waals surface area (Å²) < 4.78 is 29.0. The van der Waals surface area contributed by atoms with Crippen molar-refractivity contribution in [3.63, 3.8) is 0 Å². The van der Waals surface area contributed by atoms with Gasteiger partial charge >= 0.3 is 0 Å². The summed E-state index contributed by atoms with van der Waals surface area (Å²) in [6.07, 6.45) is -2.61. The zero-order valence-corrected chi connectivity index (χ0v) is 9.15. The Labute approximate surface area is 101 Å². The summed E-state index contributed by atoms with van der Waals surface area (Å²) in [5.74, 6) is 0.390. The highest BCUT2D eigenvalue weighted by atomic mass is 19.3. The van der Waals surface area contributed by atoms with E-state index in [0.717, 1.165) is 0 Å². The third kappa shape index (κ3) is 2.38. The minimum Gasteiger partial charge on any atom is -0.486 e. The van der Waals surface area contributed by atoms with Gasteiger partial charge in [-0.1, -0.05) is 0 Å². The van der Waals surface area contributed by atoms with E-state index in [2.05, 4.69) is 9.97 Å². The number of H-pyrrole nitrogens is 1. The molecular formula is C11H9F2N3O2. The van der Waals surface area contributed by atoms with Crippen LogP contribution in [-0.2, 0) is 6.61 Å². The molecule has 94 valence electrons. The lowest BCUT2D eigenvalue weighted by molar-refractivity contribution is 0.0818. The van der Waals surface area contributed by atoms with Gasteiger partial charge in [0.25, 0.3) is 6.43 Å². The van der Waals surface area contributed by atoms with Crippen LogP contribution in [0, 0.1) is 11.3 Å². The van der Waals surface area contributed by atoms with Gasteiger partial charge in [0.15, 0.2) is 0 Å². The summed E-state index contributed by atoms with van der Waals surface area (Å²) in [7, 11) is 0. The van der Waals surface area contributed by atoms with E-state index in [1.54, 1.807) is 0 Å². The Morgan fingerprint density at radius 1 is 1.50 bits per heavy atom. The summed E-state index contributed by atoms with van der Waals surface area (Å²) in [6.45, 7) is -1.05. The summed E-state index contributed by atoms with van der Waals surface area (Å²) >= 11 is 0. The number of rotatable bonds is 4. The Bertz CT molecular complexity index is 604. The number of imidazole rings is 1. The number of nitriles is 1.